The number of nitrogens with zero attached hydrogens (tertiary/aromatic N) is 6. The summed E-state index contributed by atoms with van der Waals surface area (Å²) in [5, 5.41) is 0. The lowest BCUT2D eigenvalue weighted by atomic mass is 10.1. The van der Waals surface area contributed by atoms with E-state index >= 15 is 0 Å². The number of halogens is 2. The number of aromatic amines is 2. The van der Waals surface area contributed by atoms with Gasteiger partial charge in [0.1, 0.15) is 34.9 Å². The third kappa shape index (κ3) is 11.4. The van der Waals surface area contributed by atoms with Crippen LogP contribution >= 0.6 is 0 Å². The number of hydrogen-bond donors (Lipinski definition) is 2. The first-order chi connectivity index (χ1) is 39.8. The average Bonchev–Trinajstić information content (AvgIpc) is 4.34. The molecule has 0 aliphatic heterocycles. The monoisotopic (exact) mass is 1150 g/mol. The molecule has 0 spiro atoms. The van der Waals surface area contributed by atoms with Crippen LogP contribution in [0.3, 0.4) is 0 Å². The molecule has 0 fully saturated rings. The lowest BCUT2D eigenvalue weighted by Crippen LogP contribution is -2.03. The zero-order valence-electron chi connectivity index (χ0n) is 44.0. The Bertz CT molecular complexity index is 4680. The van der Waals surface area contributed by atoms with Gasteiger partial charge in [-0.15, -0.1) is 0 Å². The van der Waals surface area contributed by atoms with Crippen molar-refractivity contribution in [2.75, 3.05) is 0 Å². The van der Waals surface area contributed by atoms with Gasteiger partial charge in [-0.25, -0.2) is 45.6 Å². The quantitative estimate of drug-likeness (QED) is 0.135. The zero-order valence-corrected chi connectivity index (χ0v) is 45.6. The first-order valence-corrected chi connectivity index (χ1v) is 28.9. The van der Waals surface area contributed by atoms with E-state index in [0.717, 1.165) is 125 Å². The van der Waals surface area contributed by atoms with Gasteiger partial charge in [-0.05, 0) is 153 Å². The number of nitrogens with one attached hydrogen (secondary N) is 2. The van der Waals surface area contributed by atoms with Gasteiger partial charge >= 0.3 is 0 Å². The Morgan fingerprint density at radius 2 is 0.750 bits per heavy atom. The van der Waals surface area contributed by atoms with Crippen molar-refractivity contribution in [1.29, 1.82) is 0 Å². The first-order valence-electron chi connectivity index (χ1n) is 26.0. The summed E-state index contributed by atoms with van der Waals surface area (Å²) in [5.74, 6) is 2.36. The fraction of sp³-hybridized carbons (Fsp3) is 0.0588. The van der Waals surface area contributed by atoms with Crippen LogP contribution in [-0.2, 0) is 26.7 Å². The number of aryl methyl sites for hydroxylation is 2. The summed E-state index contributed by atoms with van der Waals surface area (Å²) >= 11 is 0. The topological polar surface area (TPSA) is 161 Å². The highest BCUT2D eigenvalue weighted by Crippen LogP contribution is 2.34. The molecule has 10 aromatic carbocycles. The van der Waals surface area contributed by atoms with Crippen LogP contribution in [0.25, 0.3) is 95.4 Å². The summed E-state index contributed by atoms with van der Waals surface area (Å²) in [6, 6.07) is 71.6. The zero-order chi connectivity index (χ0) is 56.5. The molecule has 4 heterocycles. The highest BCUT2D eigenvalue weighted by Gasteiger charge is 2.21. The fourth-order valence-corrected chi connectivity index (χ4v) is 12.2. The molecule has 418 valence electrons. The minimum atomic E-state index is -3.71. The van der Waals surface area contributed by atoms with Gasteiger partial charge in [0.25, 0.3) is 0 Å². The van der Waals surface area contributed by atoms with Gasteiger partial charge < -0.3 is 14.5 Å². The molecule has 16 heteroatoms. The number of para-hydroxylation sites is 8. The van der Waals surface area contributed by atoms with Crippen molar-refractivity contribution in [2.45, 2.75) is 41.4 Å². The molecular formula is C68H56F2N8O4S2. The van der Waals surface area contributed by atoms with E-state index in [9.17, 15) is 25.6 Å². The van der Waals surface area contributed by atoms with Crippen LogP contribution in [0.5, 0.6) is 0 Å². The maximum atomic E-state index is 13.3. The number of fused-ring (bicyclic) bond motifs is 4. The van der Waals surface area contributed by atoms with Gasteiger partial charge in [-0.2, -0.15) is 0 Å². The molecule has 0 amide bonds. The van der Waals surface area contributed by atoms with Gasteiger partial charge in [0, 0.05) is 35.0 Å². The Morgan fingerprint density at radius 3 is 1.23 bits per heavy atom. The SMILES string of the molecule is C.C.Cc1ccc(S(=O)(=O)c2ccc(-n3c(-c4cccc(-c5nc6ccccc6n5C)c4)nc4ccccc43)cc2)cc1.O=S(=O)(c1ccc(F)cc1)c1ccc(F)cc1.c1cc(-c2nc3ccccc3[nH]2)cc(-c2nc3ccccc3[nH]2)c1. The summed E-state index contributed by atoms with van der Waals surface area (Å²) in [7, 11) is -5.31. The minimum Gasteiger partial charge on any atom is -0.338 e. The van der Waals surface area contributed by atoms with Crippen LogP contribution < -0.4 is 0 Å². The number of hydrogen-bond acceptors (Lipinski definition) is 8. The molecule has 4 aromatic heterocycles. The third-order valence-corrected chi connectivity index (χ3v) is 17.5. The largest absolute Gasteiger partial charge is 0.338 e. The summed E-state index contributed by atoms with van der Waals surface area (Å²) in [6.45, 7) is 1.94. The summed E-state index contributed by atoms with van der Waals surface area (Å²) < 4.78 is 80.1. The van der Waals surface area contributed by atoms with E-state index in [0.29, 0.717) is 0 Å². The van der Waals surface area contributed by atoms with E-state index in [2.05, 4.69) is 65.5 Å². The van der Waals surface area contributed by atoms with E-state index in [1.54, 1.807) is 24.3 Å². The van der Waals surface area contributed by atoms with Gasteiger partial charge in [-0.3, -0.25) is 4.57 Å². The minimum absolute atomic E-state index is 0. The second kappa shape index (κ2) is 23.7. The predicted molar refractivity (Wildman–Crippen MR) is 331 cm³/mol. The molecule has 14 aromatic rings. The van der Waals surface area contributed by atoms with Crippen LogP contribution in [0.15, 0.2) is 262 Å². The molecule has 12 nitrogen and oxygen atoms in total. The number of sulfone groups is 2. The Kier molecular flexibility index (Phi) is 16.1. The van der Waals surface area contributed by atoms with Crippen LogP contribution in [0.1, 0.15) is 20.4 Å². The van der Waals surface area contributed by atoms with Crippen molar-refractivity contribution in [1.82, 2.24) is 39.0 Å². The number of imidazole rings is 4. The number of H-pyrrole nitrogens is 2. The van der Waals surface area contributed by atoms with Crippen molar-refractivity contribution in [3.8, 4) is 51.2 Å². The van der Waals surface area contributed by atoms with Crippen molar-refractivity contribution < 1.29 is 25.6 Å². The molecule has 84 heavy (non-hydrogen) atoms. The second-order valence-electron chi connectivity index (χ2n) is 19.3. The second-order valence-corrected chi connectivity index (χ2v) is 23.2. The lowest BCUT2D eigenvalue weighted by molar-refractivity contribution is 0.592. The lowest BCUT2D eigenvalue weighted by Gasteiger charge is -2.12. The molecule has 0 radical (unpaired) electrons. The summed E-state index contributed by atoms with van der Waals surface area (Å²) in [4.78, 5) is 26.5. The van der Waals surface area contributed by atoms with E-state index in [-0.39, 0.29) is 34.4 Å². The van der Waals surface area contributed by atoms with Gasteiger partial charge in [0.2, 0.25) is 19.7 Å². The maximum absolute atomic E-state index is 13.3. The Balaban J connectivity index is 0.000000155. The summed E-state index contributed by atoms with van der Waals surface area (Å²) in [5.41, 5.74) is 13.7. The third-order valence-electron chi connectivity index (χ3n) is 13.9. The van der Waals surface area contributed by atoms with E-state index < -0.39 is 31.3 Å². The highest BCUT2D eigenvalue weighted by molar-refractivity contribution is 7.91. The van der Waals surface area contributed by atoms with E-state index in [1.807, 2.05) is 147 Å². The molecule has 0 saturated heterocycles. The molecule has 0 unspecified atom stereocenters. The van der Waals surface area contributed by atoms with E-state index in [4.69, 9.17) is 9.97 Å². The van der Waals surface area contributed by atoms with Gasteiger partial charge in [0.15, 0.2) is 0 Å². The van der Waals surface area contributed by atoms with Crippen molar-refractivity contribution in [3.63, 3.8) is 0 Å². The van der Waals surface area contributed by atoms with Crippen LogP contribution in [0.4, 0.5) is 8.78 Å². The fourth-order valence-electron chi connectivity index (χ4n) is 9.67. The number of rotatable bonds is 9. The molecule has 0 bridgehead atoms. The van der Waals surface area contributed by atoms with Crippen LogP contribution in [-0.4, -0.2) is 55.9 Å². The summed E-state index contributed by atoms with van der Waals surface area (Å²) in [6.07, 6.45) is 0. The Labute approximate surface area is 485 Å². The van der Waals surface area contributed by atoms with Crippen molar-refractivity contribution >= 4 is 63.8 Å². The molecule has 0 saturated carbocycles. The van der Waals surface area contributed by atoms with Crippen LogP contribution in [0.2, 0.25) is 0 Å². The number of benzene rings is 10. The van der Waals surface area contributed by atoms with Crippen LogP contribution in [0, 0.1) is 18.6 Å². The smallest absolute Gasteiger partial charge is 0.206 e. The molecular weight excluding hydrogens is 1090 g/mol. The average molecular weight is 1150 g/mol. The maximum Gasteiger partial charge on any atom is 0.206 e. The Hall–Kier alpha value is -10.2. The normalized spacial score (nSPS) is 11.3. The highest BCUT2D eigenvalue weighted by atomic mass is 32.2. The molecule has 0 atom stereocenters. The van der Waals surface area contributed by atoms with E-state index in [1.165, 1.54) is 24.3 Å². The number of aromatic nitrogens is 8. The van der Waals surface area contributed by atoms with Crippen molar-refractivity contribution in [3.05, 3.63) is 260 Å². The molecule has 0 aliphatic rings. The predicted octanol–water partition coefficient (Wildman–Crippen LogP) is 16.2. The molecule has 2 N–H and O–H groups in total. The Morgan fingerprint density at radius 1 is 0.381 bits per heavy atom. The molecule has 0 aliphatic carbocycles. The standard InChI is InChI=1S/C34H26N4O2S.C20H14N4.C12H8F2O2S.2CH4/c1-23-14-18-27(19-15-23)41(39,40)28-20-16-26(17-21-28)38-32-13-6-4-11-30(32)36-34(38)25-9-7-8-24(22-25)33-35-29-10-3-5-12-31(29)37(33)2;1-2-9-16-15(8-1)21-19(22-16)13-6-5-7-14(12-13)20-23-17-10-3-4-11-18(17)24-20;13-9-1-5-11(6-2-9)17(15,16)12-7-3-10(14)4-8-12;;/h3-22H,1-2H3;1-12H,(H,21,22)(H,23,24);1-8H;2*1H4. The van der Waals surface area contributed by atoms with Crippen molar-refractivity contribution in [2.24, 2.45) is 7.05 Å². The van der Waals surface area contributed by atoms with Gasteiger partial charge in [-0.1, -0.05) is 117 Å². The van der Waals surface area contributed by atoms with Gasteiger partial charge in [0.05, 0.1) is 63.7 Å². The first kappa shape index (κ1) is 57.1. The molecule has 14 rings (SSSR count).